The Kier molecular flexibility index (Phi) is 11.9. The highest BCUT2D eigenvalue weighted by molar-refractivity contribution is 6.13. The van der Waals surface area contributed by atoms with Crippen LogP contribution in [-0.2, 0) is 20.8 Å². The molecule has 10 nitrogen and oxygen atoms in total. The van der Waals surface area contributed by atoms with E-state index in [2.05, 4.69) is 0 Å². The third kappa shape index (κ3) is 9.26. The Hall–Kier alpha value is -4.13. The van der Waals surface area contributed by atoms with Crippen LogP contribution in [0.15, 0.2) is 42.5 Å². The Morgan fingerprint density at radius 3 is 2.17 bits per heavy atom. The summed E-state index contributed by atoms with van der Waals surface area (Å²) in [6.07, 6.45) is -0.377. The summed E-state index contributed by atoms with van der Waals surface area (Å²) in [6.45, 7) is 0.467. The number of nitrogens with two attached hydrogens (primary N) is 1. The van der Waals surface area contributed by atoms with Crippen LogP contribution in [-0.4, -0.2) is 71.8 Å². The zero-order chi connectivity index (χ0) is 29.9. The summed E-state index contributed by atoms with van der Waals surface area (Å²) < 4.78 is 37.0. The van der Waals surface area contributed by atoms with Crippen LogP contribution in [0.2, 0.25) is 0 Å². The molecule has 4 N–H and O–H groups in total. The molecule has 0 saturated carbocycles. The van der Waals surface area contributed by atoms with E-state index >= 15 is 0 Å². The van der Waals surface area contributed by atoms with E-state index in [4.69, 9.17) is 25.5 Å². The van der Waals surface area contributed by atoms with Crippen molar-refractivity contribution in [2.24, 2.45) is 5.73 Å². The highest BCUT2D eigenvalue weighted by atomic mass is 19.4. The van der Waals surface area contributed by atoms with Crippen LogP contribution < -0.4 is 15.4 Å². The second-order valence-electron chi connectivity index (χ2n) is 8.90. The van der Waals surface area contributed by atoms with Crippen molar-refractivity contribution in [3.63, 3.8) is 0 Å². The number of amides is 2. The number of aryl methyl sites for hydroxylation is 1. The molecule has 0 radical (unpaired) electrons. The normalized spacial score (nSPS) is 13.2. The lowest BCUT2D eigenvalue weighted by Gasteiger charge is -2.23. The maximum absolute atomic E-state index is 13.4. The van der Waals surface area contributed by atoms with Crippen molar-refractivity contribution in [2.75, 3.05) is 31.6 Å². The number of rotatable bonds is 11. The van der Waals surface area contributed by atoms with Gasteiger partial charge in [0.25, 0.3) is 11.8 Å². The molecule has 218 valence electrons. The molecule has 1 aliphatic heterocycles. The second kappa shape index (κ2) is 14.9. The van der Waals surface area contributed by atoms with E-state index in [0.717, 1.165) is 37.7 Å². The molecule has 0 bridgehead atoms. The van der Waals surface area contributed by atoms with E-state index in [0.29, 0.717) is 29.2 Å². The minimum absolute atomic E-state index is 0.0287. The molecule has 0 saturated heterocycles. The largest absolute Gasteiger partial charge is 0.497 e. The predicted octanol–water partition coefficient (Wildman–Crippen LogP) is 3.99. The first kappa shape index (κ1) is 32.1. The third-order valence-electron chi connectivity index (χ3n) is 5.98. The number of unbranched alkanes of at least 4 members (excludes halogenated alkanes) is 3. The highest BCUT2D eigenvalue weighted by Crippen LogP contribution is 2.34. The number of alkyl halides is 3. The van der Waals surface area contributed by atoms with Crippen LogP contribution >= 0.6 is 0 Å². The summed E-state index contributed by atoms with van der Waals surface area (Å²) in [5.41, 5.74) is 8.09. The Balaban J connectivity index is 0.000000708. The van der Waals surface area contributed by atoms with E-state index < -0.39 is 18.1 Å². The van der Waals surface area contributed by atoms with Gasteiger partial charge in [-0.1, -0.05) is 18.9 Å². The second-order valence-corrected chi connectivity index (χ2v) is 8.90. The molecule has 2 aromatic carbocycles. The number of ether oxygens (including phenoxy) is 1. The Morgan fingerprint density at radius 1 is 1.00 bits per heavy atom. The fourth-order valence-electron chi connectivity index (χ4n) is 3.97. The number of nitrogens with zero attached hydrogens (tertiary/aromatic N) is 2. The van der Waals surface area contributed by atoms with Gasteiger partial charge in [-0.25, -0.2) is 4.79 Å². The van der Waals surface area contributed by atoms with Gasteiger partial charge in [0.2, 0.25) is 0 Å². The maximum atomic E-state index is 13.4. The standard InChI is InChI=1S/C25H31N3O5.C2HF3O2/c1-33-20-10-8-19(9-11-20)28-22-12-7-18(6-4-2-3-5-14-26)16-21(22)25(32)27(17-23(28)29)15-13-24(30)31;3-2(4,5)1(6)7/h7-12,16H,2-6,13-15,17,26H2,1H3,(H,30,31);(H,6,7). The number of aliphatic carboxylic acids is 2. The van der Waals surface area contributed by atoms with Crippen LogP contribution in [0.1, 0.15) is 48.0 Å². The fourth-order valence-corrected chi connectivity index (χ4v) is 3.97. The quantitative estimate of drug-likeness (QED) is 0.345. The van der Waals surface area contributed by atoms with E-state index in [-0.39, 0.29) is 31.3 Å². The van der Waals surface area contributed by atoms with Crippen LogP contribution in [0.3, 0.4) is 0 Å². The Labute approximate surface area is 229 Å². The van der Waals surface area contributed by atoms with Crippen LogP contribution in [0.25, 0.3) is 0 Å². The van der Waals surface area contributed by atoms with Gasteiger partial charge in [-0.2, -0.15) is 13.2 Å². The van der Waals surface area contributed by atoms with Crippen molar-refractivity contribution in [1.82, 2.24) is 4.90 Å². The predicted molar refractivity (Wildman–Crippen MR) is 140 cm³/mol. The van der Waals surface area contributed by atoms with Gasteiger partial charge in [0.05, 0.1) is 24.8 Å². The molecule has 0 aromatic heterocycles. The van der Waals surface area contributed by atoms with Crippen LogP contribution in [0.5, 0.6) is 5.75 Å². The van der Waals surface area contributed by atoms with Crippen molar-refractivity contribution < 1.29 is 47.3 Å². The van der Waals surface area contributed by atoms with Gasteiger partial charge in [-0.15, -0.1) is 0 Å². The fraction of sp³-hybridized carbons (Fsp3) is 0.407. The van der Waals surface area contributed by atoms with Crippen molar-refractivity contribution in [1.29, 1.82) is 0 Å². The van der Waals surface area contributed by atoms with Crippen molar-refractivity contribution in [3.8, 4) is 5.75 Å². The van der Waals surface area contributed by atoms with Gasteiger partial charge in [0, 0.05) is 12.2 Å². The summed E-state index contributed by atoms with van der Waals surface area (Å²) in [5, 5.41) is 16.2. The third-order valence-corrected chi connectivity index (χ3v) is 5.98. The number of carbonyl (C=O) groups is 4. The maximum Gasteiger partial charge on any atom is 0.490 e. The number of fused-ring (bicyclic) bond motifs is 1. The first-order valence-electron chi connectivity index (χ1n) is 12.5. The molecule has 3 rings (SSSR count). The van der Waals surface area contributed by atoms with Gasteiger partial charge >= 0.3 is 18.1 Å². The van der Waals surface area contributed by atoms with E-state index in [1.165, 1.54) is 9.80 Å². The number of anilines is 2. The number of carboxylic acid groups (broad SMARTS) is 2. The Morgan fingerprint density at radius 2 is 1.62 bits per heavy atom. The molecular formula is C27H32F3N3O7. The van der Waals surface area contributed by atoms with E-state index in [1.54, 1.807) is 31.4 Å². The molecule has 2 amide bonds. The van der Waals surface area contributed by atoms with Crippen molar-refractivity contribution >= 4 is 35.1 Å². The number of hydrogen-bond acceptors (Lipinski definition) is 6. The van der Waals surface area contributed by atoms with Crippen LogP contribution in [0.4, 0.5) is 24.5 Å². The average Bonchev–Trinajstić information content (AvgIpc) is 3.01. The summed E-state index contributed by atoms with van der Waals surface area (Å²) in [5.74, 6) is -3.75. The van der Waals surface area contributed by atoms with Crippen molar-refractivity contribution in [2.45, 2.75) is 44.7 Å². The molecule has 40 heavy (non-hydrogen) atoms. The van der Waals surface area contributed by atoms with Gasteiger partial charge in [-0.3, -0.25) is 19.3 Å². The molecule has 1 heterocycles. The lowest BCUT2D eigenvalue weighted by Crippen LogP contribution is -2.38. The Bertz CT molecular complexity index is 1190. The number of carboxylic acids is 2. The summed E-state index contributed by atoms with van der Waals surface area (Å²) in [6, 6.07) is 12.6. The smallest absolute Gasteiger partial charge is 0.490 e. The molecule has 1 aliphatic rings. The van der Waals surface area contributed by atoms with E-state index in [9.17, 15) is 27.6 Å². The SMILES string of the molecule is COc1ccc(N2C(=O)CN(CCC(=O)O)C(=O)c3cc(CCCCCCN)ccc32)cc1.O=C(O)C(F)(F)F. The lowest BCUT2D eigenvalue weighted by atomic mass is 10.0. The van der Waals surface area contributed by atoms with Gasteiger partial charge < -0.3 is 25.6 Å². The summed E-state index contributed by atoms with van der Waals surface area (Å²) >= 11 is 0. The van der Waals surface area contributed by atoms with Gasteiger partial charge in [-0.05, 0) is 67.8 Å². The number of benzene rings is 2. The highest BCUT2D eigenvalue weighted by Gasteiger charge is 2.38. The number of hydrogen-bond donors (Lipinski definition) is 3. The lowest BCUT2D eigenvalue weighted by molar-refractivity contribution is -0.192. The van der Waals surface area contributed by atoms with Gasteiger partial charge in [0.15, 0.2) is 0 Å². The molecule has 2 aromatic rings. The van der Waals surface area contributed by atoms with Gasteiger partial charge in [0.1, 0.15) is 12.3 Å². The first-order valence-corrected chi connectivity index (χ1v) is 12.5. The van der Waals surface area contributed by atoms with Crippen molar-refractivity contribution in [3.05, 3.63) is 53.6 Å². The summed E-state index contributed by atoms with van der Waals surface area (Å²) in [4.78, 5) is 49.4. The molecule has 0 unspecified atom stereocenters. The first-order chi connectivity index (χ1) is 18.9. The average molecular weight is 568 g/mol. The molecule has 0 atom stereocenters. The molecular weight excluding hydrogens is 535 g/mol. The van der Waals surface area contributed by atoms with E-state index in [1.807, 2.05) is 18.2 Å². The minimum atomic E-state index is -5.08. The molecule has 0 aliphatic carbocycles. The molecule has 13 heteroatoms. The zero-order valence-corrected chi connectivity index (χ0v) is 21.9. The zero-order valence-electron chi connectivity index (χ0n) is 21.9. The number of carbonyl (C=O) groups excluding carboxylic acids is 2. The monoisotopic (exact) mass is 567 g/mol. The minimum Gasteiger partial charge on any atom is -0.497 e. The molecule has 0 fully saturated rings. The number of methoxy groups -OCH3 is 1. The topological polar surface area (TPSA) is 150 Å². The van der Waals surface area contributed by atoms with Crippen LogP contribution in [0, 0.1) is 0 Å². The molecule has 0 spiro atoms. The summed E-state index contributed by atoms with van der Waals surface area (Å²) in [7, 11) is 1.57. The number of halogens is 3.